The van der Waals surface area contributed by atoms with Crippen molar-refractivity contribution in [1.82, 2.24) is 73.0 Å². The Morgan fingerprint density at radius 1 is 0.487 bits per heavy atom. The molecule has 0 spiro atoms. The first-order chi connectivity index (χ1) is 38.8. The number of anilines is 3. The minimum atomic E-state index is -0.680. The number of fused-ring (bicyclic) bond motifs is 3. The number of nitrogens with one attached hydrogen (secondary N) is 2. The number of aromatic nitrogens is 15. The van der Waals surface area contributed by atoms with Crippen molar-refractivity contribution in [2.45, 2.75) is 19.6 Å². The summed E-state index contributed by atoms with van der Waals surface area (Å²) in [6.07, 6.45) is 17.1. The Kier molecular flexibility index (Phi) is 16.7. The molecule has 29 heteroatoms. The van der Waals surface area contributed by atoms with E-state index < -0.39 is 27.2 Å². The van der Waals surface area contributed by atoms with E-state index in [9.17, 15) is 33.4 Å². The molecule has 12 rings (SSSR count). The number of hydrogen-bond acceptors (Lipinski definition) is 20. The van der Waals surface area contributed by atoms with Crippen LogP contribution in [-0.4, -0.2) is 82.9 Å². The van der Waals surface area contributed by atoms with Gasteiger partial charge in [0.05, 0.1) is 70.5 Å². The van der Waals surface area contributed by atoms with Crippen molar-refractivity contribution in [3.63, 3.8) is 0 Å². The van der Waals surface area contributed by atoms with Crippen LogP contribution in [0.5, 0.6) is 0 Å². The lowest BCUT2D eigenvalue weighted by Crippen LogP contribution is -2.07. The van der Waals surface area contributed by atoms with Gasteiger partial charge < -0.3 is 22.1 Å². The molecule has 0 aliphatic rings. The molecule has 400 valence electrons. The molecule has 0 saturated heterocycles. The van der Waals surface area contributed by atoms with Crippen LogP contribution in [-0.2, 0) is 19.6 Å². The highest BCUT2D eigenvalue weighted by molar-refractivity contribution is 6.31. The van der Waals surface area contributed by atoms with Crippen molar-refractivity contribution in [2.24, 2.45) is 5.73 Å². The van der Waals surface area contributed by atoms with Gasteiger partial charge >= 0.3 is 11.4 Å². The van der Waals surface area contributed by atoms with Gasteiger partial charge in [0.15, 0.2) is 23.3 Å². The first kappa shape index (κ1) is 53.8. The predicted octanol–water partition coefficient (Wildman–Crippen LogP) is 8.40. The lowest BCUT2D eigenvalue weighted by atomic mass is 10.3. The van der Waals surface area contributed by atoms with Crippen LogP contribution in [0.25, 0.3) is 51.5 Å². The van der Waals surface area contributed by atoms with Crippen LogP contribution in [0.3, 0.4) is 0 Å². The van der Waals surface area contributed by atoms with Gasteiger partial charge in [-0.05, 0) is 72.8 Å². The highest BCUT2D eigenvalue weighted by Crippen LogP contribution is 2.28. The van der Waals surface area contributed by atoms with E-state index in [1.807, 2.05) is 42.5 Å². The number of nitrogen functional groups attached to an aromatic ring is 1. The lowest BCUT2D eigenvalue weighted by Gasteiger charge is -2.09. The zero-order valence-electron chi connectivity index (χ0n) is 41.1. The number of nitrogens with zero attached hydrogens (tertiary/aromatic N) is 17. The van der Waals surface area contributed by atoms with E-state index >= 15 is 0 Å². The summed E-state index contributed by atoms with van der Waals surface area (Å²) in [6.45, 7) is 1.25. The van der Waals surface area contributed by atoms with Crippen molar-refractivity contribution < 1.29 is 23.0 Å². The molecule has 25 nitrogen and oxygen atoms in total. The van der Waals surface area contributed by atoms with E-state index in [-0.39, 0.29) is 40.7 Å². The van der Waals surface area contributed by atoms with Crippen molar-refractivity contribution in [3.05, 3.63) is 225 Å². The third-order valence-electron chi connectivity index (χ3n) is 11.1. The summed E-state index contributed by atoms with van der Waals surface area (Å²) in [4.78, 5) is 70.2. The Morgan fingerprint density at radius 3 is 1.29 bits per heavy atom. The van der Waals surface area contributed by atoms with Gasteiger partial charge in [0.1, 0.15) is 63.9 Å². The minimum Gasteiger partial charge on any atom is -0.394 e. The van der Waals surface area contributed by atoms with E-state index in [1.165, 1.54) is 76.3 Å². The number of nitro groups is 2. The molecule has 0 radical (unpaired) electrons. The Balaban J connectivity index is 0.000000137. The van der Waals surface area contributed by atoms with Gasteiger partial charge in [-0.25, -0.2) is 58.0 Å². The molecule has 0 amide bonds. The van der Waals surface area contributed by atoms with Crippen LogP contribution in [0.15, 0.2) is 165 Å². The lowest BCUT2D eigenvalue weighted by molar-refractivity contribution is -0.385. The molecule has 12 aromatic rings. The monoisotopic (exact) mass is 1100 g/mol. The largest absolute Gasteiger partial charge is 0.394 e. The summed E-state index contributed by atoms with van der Waals surface area (Å²) in [7, 11) is 0. The molecule has 0 aliphatic carbocycles. The van der Waals surface area contributed by atoms with E-state index in [0.29, 0.717) is 70.1 Å². The van der Waals surface area contributed by atoms with Gasteiger partial charge in [-0.15, -0.1) is 0 Å². The van der Waals surface area contributed by atoms with Crippen molar-refractivity contribution >= 4 is 57.2 Å². The highest BCUT2D eigenvalue weighted by atomic mass is 35.5. The Labute approximate surface area is 453 Å². The van der Waals surface area contributed by atoms with Crippen LogP contribution in [0, 0.1) is 37.7 Å². The predicted molar refractivity (Wildman–Crippen MR) is 287 cm³/mol. The number of hydrogen-bond donors (Lipinski definition) is 4. The Hall–Kier alpha value is -11.0. The molecule has 80 heavy (non-hydrogen) atoms. The van der Waals surface area contributed by atoms with Gasteiger partial charge in [-0.3, -0.25) is 48.4 Å². The standard InChI is InChI=1S/C17H12FN7O2.C17H14FN7.C11H5ClFN5O2.C6H8N2/c18-11-4-5-15-20-8-13(24(15)10-11)16-22-9-14(25(26)27)17(23-16)21-7-12-3-1-2-6-19-12;18-11-4-5-15-21-9-14(25(15)10-11)17-23-8-13(19)16(24-17)22-7-12-3-1-2-6-20-12;12-10-7(18(19)20)3-15-11(16-10)8-4-14-9-2-1-6(13)5-17(8)9;7-5-6-3-1-2-4-8-6/h1-6,8-10H,7H2,(H,21,22,23);1-6,8-10H,7,19H2,(H,22,23,24);1-5H;1-4H,5,7H2. The smallest absolute Gasteiger partial charge is 0.329 e. The molecule has 0 aliphatic heterocycles. The fourth-order valence-corrected chi connectivity index (χ4v) is 7.45. The SMILES string of the molecule is NCc1ccccn1.Nc1cnc(-c2cnc3ccc(F)cn23)nc1NCc1ccccn1.O=[N+]([O-])c1cnc(-c2cnc3ccc(F)cn23)nc1Cl.O=[N+]([O-])c1cnc(-c2cnc3ccc(F)cn23)nc1NCc1ccccn1. The molecule has 0 atom stereocenters. The summed E-state index contributed by atoms with van der Waals surface area (Å²) in [5.41, 5.74) is 16.5. The maximum absolute atomic E-state index is 13.6. The van der Waals surface area contributed by atoms with Gasteiger partial charge in [-0.1, -0.05) is 29.8 Å². The molecule has 0 saturated carbocycles. The van der Waals surface area contributed by atoms with Crippen LogP contribution in [0.4, 0.5) is 41.9 Å². The maximum Gasteiger partial charge on any atom is 0.329 e. The average Bonchev–Trinajstić information content (AvgIpc) is 4.23. The fourth-order valence-electron chi connectivity index (χ4n) is 7.25. The van der Waals surface area contributed by atoms with E-state index in [0.717, 1.165) is 23.8 Å². The average molecular weight is 1100 g/mol. The fraction of sp³-hybridized carbons (Fsp3) is 0.0588. The molecule has 12 aromatic heterocycles. The number of rotatable bonds is 12. The molecule has 0 bridgehead atoms. The molecule has 6 N–H and O–H groups in total. The molecular formula is C51H39ClF3N21O4. The molecule has 0 fully saturated rings. The van der Waals surface area contributed by atoms with E-state index in [2.05, 4.69) is 70.4 Å². The van der Waals surface area contributed by atoms with Crippen LogP contribution in [0.2, 0.25) is 5.15 Å². The maximum atomic E-state index is 13.6. The minimum absolute atomic E-state index is 0.0435. The summed E-state index contributed by atoms with van der Waals surface area (Å²) >= 11 is 5.73. The van der Waals surface area contributed by atoms with Crippen molar-refractivity contribution in [1.29, 1.82) is 0 Å². The number of halogens is 4. The highest BCUT2D eigenvalue weighted by Gasteiger charge is 2.21. The molecule has 0 unspecified atom stereocenters. The number of pyridine rings is 6. The van der Waals surface area contributed by atoms with Gasteiger partial charge in [-0.2, -0.15) is 0 Å². The summed E-state index contributed by atoms with van der Waals surface area (Å²) < 4.78 is 44.9. The van der Waals surface area contributed by atoms with Crippen LogP contribution < -0.4 is 22.1 Å². The van der Waals surface area contributed by atoms with Gasteiger partial charge in [0.25, 0.3) is 0 Å². The quantitative estimate of drug-likeness (QED) is 0.0506. The van der Waals surface area contributed by atoms with Gasteiger partial charge in [0, 0.05) is 43.7 Å². The Morgan fingerprint density at radius 2 is 0.887 bits per heavy atom. The topological polar surface area (TPSA) is 330 Å². The van der Waals surface area contributed by atoms with Crippen LogP contribution >= 0.6 is 11.6 Å². The summed E-state index contributed by atoms with van der Waals surface area (Å²) in [6, 6.07) is 25.3. The molecule has 12 heterocycles. The summed E-state index contributed by atoms with van der Waals surface area (Å²) in [5, 5.41) is 27.7. The first-order valence-electron chi connectivity index (χ1n) is 23.4. The second kappa shape index (κ2) is 24.8. The van der Waals surface area contributed by atoms with Crippen molar-refractivity contribution in [3.8, 4) is 34.6 Å². The van der Waals surface area contributed by atoms with E-state index in [4.69, 9.17) is 23.1 Å². The van der Waals surface area contributed by atoms with Crippen molar-refractivity contribution in [2.75, 3.05) is 16.4 Å². The third kappa shape index (κ3) is 13.0. The zero-order chi connectivity index (χ0) is 56.1. The normalized spacial score (nSPS) is 10.7. The summed E-state index contributed by atoms with van der Waals surface area (Å²) in [5.74, 6) is -0.0293. The second-order valence-electron chi connectivity index (χ2n) is 16.3. The Bertz CT molecular complexity index is 4120. The first-order valence-corrected chi connectivity index (χ1v) is 23.8. The van der Waals surface area contributed by atoms with Crippen LogP contribution in [0.1, 0.15) is 17.1 Å². The number of nitrogens with two attached hydrogens (primary N) is 2. The number of imidazole rings is 3. The second-order valence-corrected chi connectivity index (χ2v) is 16.7. The molecule has 0 aromatic carbocycles. The van der Waals surface area contributed by atoms with E-state index in [1.54, 1.807) is 47.4 Å². The third-order valence-corrected chi connectivity index (χ3v) is 11.3. The zero-order valence-corrected chi connectivity index (χ0v) is 41.9. The molecular weight excluding hydrogens is 1060 g/mol. The van der Waals surface area contributed by atoms with Gasteiger partial charge in [0.2, 0.25) is 11.0 Å².